The van der Waals surface area contributed by atoms with E-state index in [4.69, 9.17) is 0 Å². The summed E-state index contributed by atoms with van der Waals surface area (Å²) in [4.78, 5) is 16.5. The Balaban J connectivity index is 1.41. The fraction of sp³-hybridized carbons (Fsp3) is 0.500. The standard InChI is InChI=1S/C20H27N5/c1-23-10-12-24(13-11-23)20-21-14-17(15-22-20)16-25-9-5-8-19(25)18-6-3-2-4-7-18/h2-4,6-7,14-15,19H,5,8-13,16H2,1H3/t19-/m1/s1. The van der Waals surface area contributed by atoms with E-state index in [2.05, 4.69) is 62.0 Å². The summed E-state index contributed by atoms with van der Waals surface area (Å²) < 4.78 is 0. The molecule has 5 heteroatoms. The number of nitrogens with zero attached hydrogens (tertiary/aromatic N) is 5. The summed E-state index contributed by atoms with van der Waals surface area (Å²) in [7, 11) is 2.17. The van der Waals surface area contributed by atoms with E-state index in [0.717, 1.165) is 45.2 Å². The normalized spacial score (nSPS) is 22.4. The molecule has 1 aromatic carbocycles. The summed E-state index contributed by atoms with van der Waals surface area (Å²) in [5.41, 5.74) is 2.63. The van der Waals surface area contributed by atoms with E-state index in [9.17, 15) is 0 Å². The van der Waals surface area contributed by atoms with Crippen LogP contribution >= 0.6 is 0 Å². The molecule has 2 aliphatic rings. The van der Waals surface area contributed by atoms with Gasteiger partial charge in [-0.2, -0.15) is 0 Å². The van der Waals surface area contributed by atoms with E-state index in [1.807, 2.05) is 12.4 Å². The Morgan fingerprint density at radius 2 is 1.68 bits per heavy atom. The van der Waals surface area contributed by atoms with Gasteiger partial charge in [0, 0.05) is 56.7 Å². The fourth-order valence-electron chi connectivity index (χ4n) is 3.90. The van der Waals surface area contributed by atoms with Gasteiger partial charge in [0.2, 0.25) is 5.95 Å². The van der Waals surface area contributed by atoms with Gasteiger partial charge in [-0.15, -0.1) is 0 Å². The zero-order chi connectivity index (χ0) is 17.1. The first kappa shape index (κ1) is 16.5. The van der Waals surface area contributed by atoms with Crippen LogP contribution in [0.2, 0.25) is 0 Å². The van der Waals surface area contributed by atoms with Gasteiger partial charge in [-0.3, -0.25) is 4.90 Å². The Labute approximate surface area is 150 Å². The van der Waals surface area contributed by atoms with Gasteiger partial charge in [-0.05, 0) is 32.0 Å². The van der Waals surface area contributed by atoms with Crippen molar-refractivity contribution in [3.63, 3.8) is 0 Å². The number of hydrogen-bond donors (Lipinski definition) is 0. The molecule has 0 N–H and O–H groups in total. The second kappa shape index (κ2) is 7.50. The lowest BCUT2D eigenvalue weighted by molar-refractivity contribution is 0.248. The van der Waals surface area contributed by atoms with Crippen LogP contribution in [0.3, 0.4) is 0 Å². The number of likely N-dealkylation sites (tertiary alicyclic amines) is 1. The van der Waals surface area contributed by atoms with Crippen molar-refractivity contribution in [3.8, 4) is 0 Å². The first-order valence-electron chi connectivity index (χ1n) is 9.33. The van der Waals surface area contributed by atoms with Crippen LogP contribution in [0.4, 0.5) is 5.95 Å². The van der Waals surface area contributed by atoms with Crippen molar-refractivity contribution in [2.75, 3.05) is 44.7 Å². The van der Waals surface area contributed by atoms with Crippen molar-refractivity contribution in [2.45, 2.75) is 25.4 Å². The van der Waals surface area contributed by atoms with Crippen LogP contribution in [0.25, 0.3) is 0 Å². The number of hydrogen-bond acceptors (Lipinski definition) is 5. The highest BCUT2D eigenvalue weighted by atomic mass is 15.3. The maximum Gasteiger partial charge on any atom is 0.225 e. The minimum atomic E-state index is 0.526. The average Bonchev–Trinajstić information content (AvgIpc) is 3.12. The molecule has 1 atom stereocenters. The molecule has 3 heterocycles. The Hall–Kier alpha value is -1.98. The number of piperazine rings is 1. The molecule has 5 nitrogen and oxygen atoms in total. The molecule has 2 fully saturated rings. The minimum Gasteiger partial charge on any atom is -0.338 e. The molecule has 0 aliphatic carbocycles. The first-order chi connectivity index (χ1) is 12.3. The van der Waals surface area contributed by atoms with E-state index in [-0.39, 0.29) is 0 Å². The lowest BCUT2D eigenvalue weighted by atomic mass is 10.0. The maximum absolute atomic E-state index is 4.64. The molecule has 0 spiro atoms. The van der Waals surface area contributed by atoms with Crippen LogP contribution in [0.5, 0.6) is 0 Å². The van der Waals surface area contributed by atoms with Gasteiger partial charge in [0.1, 0.15) is 0 Å². The Morgan fingerprint density at radius 3 is 2.40 bits per heavy atom. The molecule has 0 amide bonds. The predicted molar refractivity (Wildman–Crippen MR) is 101 cm³/mol. The molecule has 1 aromatic heterocycles. The molecule has 25 heavy (non-hydrogen) atoms. The molecule has 4 rings (SSSR count). The molecule has 0 radical (unpaired) electrons. The molecule has 2 saturated heterocycles. The number of benzene rings is 1. The van der Waals surface area contributed by atoms with Gasteiger partial charge in [0.15, 0.2) is 0 Å². The SMILES string of the molecule is CN1CCN(c2ncc(CN3CCC[C@@H]3c3ccccc3)cn2)CC1. The van der Waals surface area contributed by atoms with Gasteiger partial charge in [-0.25, -0.2) is 9.97 Å². The number of likely N-dealkylation sites (N-methyl/N-ethyl adjacent to an activating group) is 1. The number of rotatable bonds is 4. The van der Waals surface area contributed by atoms with Crippen molar-refractivity contribution < 1.29 is 0 Å². The highest BCUT2D eigenvalue weighted by Crippen LogP contribution is 2.32. The van der Waals surface area contributed by atoms with Crippen LogP contribution in [-0.2, 0) is 6.54 Å². The summed E-state index contributed by atoms with van der Waals surface area (Å²) in [6.07, 6.45) is 6.53. The van der Waals surface area contributed by atoms with Crippen LogP contribution in [0, 0.1) is 0 Å². The van der Waals surface area contributed by atoms with Crippen molar-refractivity contribution in [1.29, 1.82) is 0 Å². The van der Waals surface area contributed by atoms with E-state index >= 15 is 0 Å². The van der Waals surface area contributed by atoms with E-state index in [1.165, 1.54) is 24.0 Å². The minimum absolute atomic E-state index is 0.526. The van der Waals surface area contributed by atoms with Gasteiger partial charge in [0.05, 0.1) is 0 Å². The van der Waals surface area contributed by atoms with Gasteiger partial charge < -0.3 is 9.80 Å². The van der Waals surface area contributed by atoms with Gasteiger partial charge in [-0.1, -0.05) is 30.3 Å². The van der Waals surface area contributed by atoms with Crippen LogP contribution in [0.15, 0.2) is 42.7 Å². The monoisotopic (exact) mass is 337 g/mol. The highest BCUT2D eigenvalue weighted by Gasteiger charge is 2.26. The predicted octanol–water partition coefficient (Wildman–Crippen LogP) is 2.57. The van der Waals surface area contributed by atoms with Gasteiger partial charge in [0.25, 0.3) is 0 Å². The van der Waals surface area contributed by atoms with Crippen LogP contribution in [0.1, 0.15) is 30.0 Å². The van der Waals surface area contributed by atoms with Gasteiger partial charge >= 0.3 is 0 Å². The third-order valence-corrected chi connectivity index (χ3v) is 5.41. The van der Waals surface area contributed by atoms with Crippen molar-refractivity contribution in [2.24, 2.45) is 0 Å². The van der Waals surface area contributed by atoms with Crippen molar-refractivity contribution in [3.05, 3.63) is 53.9 Å². The van der Waals surface area contributed by atoms with Crippen molar-refractivity contribution in [1.82, 2.24) is 19.8 Å². The molecule has 0 bridgehead atoms. The summed E-state index contributed by atoms with van der Waals surface area (Å²) in [6, 6.07) is 11.4. The maximum atomic E-state index is 4.64. The third kappa shape index (κ3) is 3.83. The largest absolute Gasteiger partial charge is 0.338 e. The molecule has 2 aliphatic heterocycles. The van der Waals surface area contributed by atoms with Crippen LogP contribution < -0.4 is 4.90 Å². The number of anilines is 1. The van der Waals surface area contributed by atoms with Crippen LogP contribution in [-0.4, -0.2) is 59.5 Å². The van der Waals surface area contributed by atoms with Crippen molar-refractivity contribution >= 4 is 5.95 Å². The Bertz CT molecular complexity index is 664. The molecule has 0 saturated carbocycles. The van der Waals surface area contributed by atoms with E-state index in [1.54, 1.807) is 0 Å². The van der Waals surface area contributed by atoms with E-state index in [0.29, 0.717) is 6.04 Å². The summed E-state index contributed by atoms with van der Waals surface area (Å²) in [5, 5.41) is 0. The molecular weight excluding hydrogens is 310 g/mol. The highest BCUT2D eigenvalue weighted by molar-refractivity contribution is 5.31. The first-order valence-corrected chi connectivity index (χ1v) is 9.33. The second-order valence-electron chi connectivity index (χ2n) is 7.22. The number of aromatic nitrogens is 2. The smallest absolute Gasteiger partial charge is 0.225 e. The lowest BCUT2D eigenvalue weighted by Gasteiger charge is -2.32. The zero-order valence-corrected chi connectivity index (χ0v) is 15.0. The zero-order valence-electron chi connectivity index (χ0n) is 15.0. The molecule has 2 aromatic rings. The Kier molecular flexibility index (Phi) is 4.95. The molecule has 0 unspecified atom stereocenters. The summed E-state index contributed by atoms with van der Waals surface area (Å²) in [5.74, 6) is 0.873. The third-order valence-electron chi connectivity index (χ3n) is 5.41. The summed E-state index contributed by atoms with van der Waals surface area (Å²) >= 11 is 0. The second-order valence-corrected chi connectivity index (χ2v) is 7.22. The summed E-state index contributed by atoms with van der Waals surface area (Å²) in [6.45, 7) is 6.27. The molecular formula is C20H27N5. The van der Waals surface area contributed by atoms with E-state index < -0.39 is 0 Å². The topological polar surface area (TPSA) is 35.5 Å². The lowest BCUT2D eigenvalue weighted by Crippen LogP contribution is -2.45. The fourth-order valence-corrected chi connectivity index (χ4v) is 3.90. The Morgan fingerprint density at radius 1 is 0.960 bits per heavy atom. The molecule has 132 valence electrons. The quantitative estimate of drug-likeness (QED) is 0.857. The average molecular weight is 337 g/mol.